The zero-order chi connectivity index (χ0) is 14.3. The zero-order valence-corrected chi connectivity index (χ0v) is 12.8. The Bertz CT molecular complexity index is 399. The predicted molar refractivity (Wildman–Crippen MR) is 75.4 cm³/mol. The summed E-state index contributed by atoms with van der Waals surface area (Å²) in [5, 5.41) is 12.1. The molecule has 0 saturated heterocycles. The zero-order valence-electron chi connectivity index (χ0n) is 12.8. The first-order valence-electron chi connectivity index (χ1n) is 7.67. The van der Waals surface area contributed by atoms with Crippen molar-refractivity contribution in [3.05, 3.63) is 11.6 Å². The number of hydrogen-bond acceptors (Lipinski definition) is 2. The third-order valence-electron chi connectivity index (χ3n) is 6.42. The molecule has 2 heteroatoms. The molecule has 1 unspecified atom stereocenters. The molecule has 2 rings (SSSR count). The van der Waals surface area contributed by atoms with E-state index in [1.165, 1.54) is 5.57 Å². The first-order chi connectivity index (χ1) is 8.78. The van der Waals surface area contributed by atoms with Crippen molar-refractivity contribution in [3.8, 4) is 0 Å². The molecule has 1 atom stereocenters. The van der Waals surface area contributed by atoms with E-state index in [2.05, 4.69) is 33.8 Å². The van der Waals surface area contributed by atoms with Gasteiger partial charge in [0.2, 0.25) is 0 Å². The van der Waals surface area contributed by atoms with Gasteiger partial charge in [0, 0.05) is 16.8 Å². The number of carbonyl (C=O) groups is 1. The average Bonchev–Trinajstić information content (AvgIpc) is 2.36. The minimum atomic E-state index is -0.822. The average molecular weight is 263 g/mol. The molecule has 108 valence electrons. The van der Waals surface area contributed by atoms with Gasteiger partial charge in [0.1, 0.15) is 0 Å². The number of rotatable bonds is 2. The third-order valence-corrected chi connectivity index (χ3v) is 6.42. The molecule has 0 N–H and O–H groups in total. The largest absolute Gasteiger partial charge is 0.550 e. The van der Waals surface area contributed by atoms with E-state index in [0.717, 1.165) is 44.9 Å². The van der Waals surface area contributed by atoms with Gasteiger partial charge in [-0.2, -0.15) is 0 Å². The van der Waals surface area contributed by atoms with Crippen LogP contribution in [0.3, 0.4) is 0 Å². The van der Waals surface area contributed by atoms with Crippen LogP contribution in [0.1, 0.15) is 72.6 Å². The van der Waals surface area contributed by atoms with E-state index < -0.39 is 11.4 Å². The van der Waals surface area contributed by atoms with Crippen LogP contribution in [0.2, 0.25) is 0 Å². The predicted octanol–water partition coefficient (Wildman–Crippen LogP) is 3.46. The van der Waals surface area contributed by atoms with Crippen molar-refractivity contribution >= 4 is 5.97 Å². The van der Waals surface area contributed by atoms with Crippen LogP contribution in [0, 0.1) is 16.2 Å². The molecule has 19 heavy (non-hydrogen) atoms. The topological polar surface area (TPSA) is 40.1 Å². The second-order valence-electron chi connectivity index (χ2n) is 7.36. The SMILES string of the molecule is CC1=CCCC(C)(C)C1(C)C1(C(=O)[O-])CCCCC1. The summed E-state index contributed by atoms with van der Waals surface area (Å²) in [6.07, 6.45) is 9.15. The number of carboxylic acid groups (broad SMARTS) is 1. The van der Waals surface area contributed by atoms with E-state index in [4.69, 9.17) is 0 Å². The summed E-state index contributed by atoms with van der Waals surface area (Å²) < 4.78 is 0. The number of aliphatic carboxylic acids is 1. The van der Waals surface area contributed by atoms with Gasteiger partial charge in [0.15, 0.2) is 0 Å². The summed E-state index contributed by atoms with van der Waals surface area (Å²) in [6.45, 7) is 8.78. The maximum Gasteiger partial charge on any atom is 0.0485 e. The van der Waals surface area contributed by atoms with Crippen molar-refractivity contribution < 1.29 is 9.90 Å². The summed E-state index contributed by atoms with van der Waals surface area (Å²) in [5.74, 6) is -0.822. The lowest BCUT2D eigenvalue weighted by Crippen LogP contribution is -2.60. The maximum atomic E-state index is 12.1. The quantitative estimate of drug-likeness (QED) is 0.716. The van der Waals surface area contributed by atoms with Gasteiger partial charge in [-0.25, -0.2) is 0 Å². The van der Waals surface area contributed by atoms with Crippen molar-refractivity contribution in [2.45, 2.75) is 72.6 Å². The maximum absolute atomic E-state index is 12.1. The summed E-state index contributed by atoms with van der Waals surface area (Å²) in [4.78, 5) is 12.1. The monoisotopic (exact) mass is 263 g/mol. The minimum Gasteiger partial charge on any atom is -0.550 e. The van der Waals surface area contributed by atoms with Crippen molar-refractivity contribution in [1.82, 2.24) is 0 Å². The molecular weight excluding hydrogens is 236 g/mol. The van der Waals surface area contributed by atoms with E-state index in [-0.39, 0.29) is 10.8 Å². The molecule has 2 aliphatic carbocycles. The highest BCUT2D eigenvalue weighted by atomic mass is 16.4. The Hall–Kier alpha value is -0.790. The molecule has 1 fully saturated rings. The molecule has 0 aromatic rings. The van der Waals surface area contributed by atoms with E-state index in [1.54, 1.807) is 0 Å². The normalized spacial score (nSPS) is 33.6. The van der Waals surface area contributed by atoms with Crippen molar-refractivity contribution in [2.75, 3.05) is 0 Å². The lowest BCUT2D eigenvalue weighted by molar-refractivity contribution is -0.330. The Morgan fingerprint density at radius 3 is 2.16 bits per heavy atom. The minimum absolute atomic E-state index is 0.0171. The van der Waals surface area contributed by atoms with E-state index in [0.29, 0.717) is 0 Å². The van der Waals surface area contributed by atoms with Crippen LogP contribution in [-0.2, 0) is 4.79 Å². The van der Waals surface area contributed by atoms with Crippen LogP contribution in [0.25, 0.3) is 0 Å². The molecule has 0 spiro atoms. The fourth-order valence-electron chi connectivity index (χ4n) is 4.73. The number of carbonyl (C=O) groups excluding carboxylic acids is 1. The highest BCUT2D eigenvalue weighted by Gasteiger charge is 2.58. The lowest BCUT2D eigenvalue weighted by atomic mass is 9.44. The van der Waals surface area contributed by atoms with Gasteiger partial charge in [-0.05, 0) is 38.0 Å². The Morgan fingerprint density at radius 1 is 1.11 bits per heavy atom. The highest BCUT2D eigenvalue weighted by molar-refractivity contribution is 5.75. The number of hydrogen-bond donors (Lipinski definition) is 0. The van der Waals surface area contributed by atoms with Crippen molar-refractivity contribution in [2.24, 2.45) is 16.2 Å². The molecule has 2 nitrogen and oxygen atoms in total. The Kier molecular flexibility index (Phi) is 3.57. The molecule has 0 amide bonds. The fraction of sp³-hybridized carbons (Fsp3) is 0.824. The molecular formula is C17H27O2-. The Labute approximate surface area is 117 Å². The first-order valence-corrected chi connectivity index (χ1v) is 7.67. The lowest BCUT2D eigenvalue weighted by Gasteiger charge is -2.61. The molecule has 0 heterocycles. The molecule has 0 aromatic heterocycles. The molecule has 0 aromatic carbocycles. The first kappa shape index (κ1) is 14.6. The van der Waals surface area contributed by atoms with Gasteiger partial charge < -0.3 is 9.90 Å². The molecule has 0 radical (unpaired) electrons. The number of carboxylic acids is 1. The van der Waals surface area contributed by atoms with E-state index >= 15 is 0 Å². The van der Waals surface area contributed by atoms with E-state index in [9.17, 15) is 9.90 Å². The van der Waals surface area contributed by atoms with Gasteiger partial charge in [-0.3, -0.25) is 0 Å². The highest BCUT2D eigenvalue weighted by Crippen LogP contribution is 2.64. The van der Waals surface area contributed by atoms with Crippen molar-refractivity contribution in [1.29, 1.82) is 0 Å². The Balaban J connectivity index is 2.58. The summed E-state index contributed by atoms with van der Waals surface area (Å²) in [7, 11) is 0. The summed E-state index contributed by atoms with van der Waals surface area (Å²) >= 11 is 0. The van der Waals surface area contributed by atoms with Crippen LogP contribution in [0.15, 0.2) is 11.6 Å². The van der Waals surface area contributed by atoms with Crippen LogP contribution in [0.5, 0.6) is 0 Å². The van der Waals surface area contributed by atoms with Gasteiger partial charge >= 0.3 is 0 Å². The fourth-order valence-corrected chi connectivity index (χ4v) is 4.73. The Morgan fingerprint density at radius 2 is 1.68 bits per heavy atom. The third kappa shape index (κ3) is 1.86. The van der Waals surface area contributed by atoms with Gasteiger partial charge in [0.05, 0.1) is 0 Å². The van der Waals surface area contributed by atoms with E-state index in [1.807, 2.05) is 0 Å². The summed E-state index contributed by atoms with van der Waals surface area (Å²) in [6, 6.07) is 0. The molecule has 0 bridgehead atoms. The smallest absolute Gasteiger partial charge is 0.0485 e. The van der Waals surface area contributed by atoms with Crippen LogP contribution in [0.4, 0.5) is 0 Å². The van der Waals surface area contributed by atoms with Crippen molar-refractivity contribution in [3.63, 3.8) is 0 Å². The molecule has 2 aliphatic rings. The second-order valence-corrected chi connectivity index (χ2v) is 7.36. The molecule has 0 aliphatic heterocycles. The summed E-state index contributed by atoms with van der Waals surface area (Å²) in [5.41, 5.74) is 0.325. The van der Waals surface area contributed by atoms with Crippen LogP contribution in [-0.4, -0.2) is 5.97 Å². The number of allylic oxidation sites excluding steroid dienone is 2. The van der Waals surface area contributed by atoms with Crippen LogP contribution < -0.4 is 5.11 Å². The van der Waals surface area contributed by atoms with Gasteiger partial charge in [-0.15, -0.1) is 0 Å². The van der Waals surface area contributed by atoms with Gasteiger partial charge in [0.25, 0.3) is 0 Å². The van der Waals surface area contributed by atoms with Crippen LogP contribution >= 0.6 is 0 Å². The van der Waals surface area contributed by atoms with Gasteiger partial charge in [-0.1, -0.05) is 51.7 Å². The second kappa shape index (κ2) is 4.64. The molecule has 1 saturated carbocycles. The standard InChI is InChI=1S/C17H28O2/c1-13-9-8-10-15(2,3)16(13,4)17(14(18)19)11-6-5-7-12-17/h9H,5-8,10-12H2,1-4H3,(H,18,19)/p-1.